The number of nitrogens with zero attached hydrogens (tertiary/aromatic N) is 1. The van der Waals surface area contributed by atoms with Crippen LogP contribution in [-0.4, -0.2) is 5.16 Å². The van der Waals surface area contributed by atoms with E-state index >= 15 is 0 Å². The summed E-state index contributed by atoms with van der Waals surface area (Å²) in [4.78, 5) is 0. The molecule has 2 rings (SSSR count). The van der Waals surface area contributed by atoms with E-state index in [4.69, 9.17) is 4.52 Å². The van der Waals surface area contributed by atoms with Gasteiger partial charge in [0.2, 0.25) is 0 Å². The SMILES string of the molecule is CC.Cc1conc1-c1ccccc1. The largest absolute Gasteiger partial charge is 0.364 e. The monoisotopic (exact) mass is 189 g/mol. The van der Waals surface area contributed by atoms with E-state index in [1.54, 1.807) is 6.26 Å². The number of aromatic nitrogens is 1. The van der Waals surface area contributed by atoms with Crippen LogP contribution in [0.1, 0.15) is 19.4 Å². The molecule has 0 saturated heterocycles. The maximum atomic E-state index is 4.85. The van der Waals surface area contributed by atoms with Crippen molar-refractivity contribution in [3.63, 3.8) is 0 Å². The van der Waals surface area contributed by atoms with Gasteiger partial charge >= 0.3 is 0 Å². The van der Waals surface area contributed by atoms with Crippen molar-refractivity contribution in [2.45, 2.75) is 20.8 Å². The molecular formula is C12H15NO. The van der Waals surface area contributed by atoms with Crippen LogP contribution < -0.4 is 0 Å². The van der Waals surface area contributed by atoms with Crippen molar-refractivity contribution in [2.75, 3.05) is 0 Å². The Kier molecular flexibility index (Phi) is 3.92. The maximum Gasteiger partial charge on any atom is 0.127 e. The molecule has 0 spiro atoms. The van der Waals surface area contributed by atoms with Crippen LogP contribution in [0.5, 0.6) is 0 Å². The number of aryl methyl sites for hydroxylation is 1. The Balaban J connectivity index is 0.000000461. The Labute approximate surface area is 84.6 Å². The van der Waals surface area contributed by atoms with Crippen molar-refractivity contribution in [3.05, 3.63) is 42.2 Å². The molecule has 0 N–H and O–H groups in total. The lowest BCUT2D eigenvalue weighted by atomic mass is 10.1. The van der Waals surface area contributed by atoms with Gasteiger partial charge in [-0.15, -0.1) is 0 Å². The molecule has 0 fully saturated rings. The number of benzene rings is 1. The Morgan fingerprint density at radius 2 is 1.71 bits per heavy atom. The first kappa shape index (κ1) is 10.5. The van der Waals surface area contributed by atoms with Crippen molar-refractivity contribution in [1.82, 2.24) is 5.16 Å². The molecule has 0 radical (unpaired) electrons. The molecule has 2 aromatic rings. The normalized spacial score (nSPS) is 9.07. The smallest absolute Gasteiger partial charge is 0.127 e. The van der Waals surface area contributed by atoms with Crippen LogP contribution in [0.4, 0.5) is 0 Å². The van der Waals surface area contributed by atoms with Crippen LogP contribution in [0.15, 0.2) is 41.1 Å². The van der Waals surface area contributed by atoms with E-state index in [1.807, 2.05) is 51.1 Å². The molecule has 1 heterocycles. The Morgan fingerprint density at radius 3 is 2.21 bits per heavy atom. The van der Waals surface area contributed by atoms with E-state index in [-0.39, 0.29) is 0 Å². The summed E-state index contributed by atoms with van der Waals surface area (Å²) in [7, 11) is 0. The molecule has 0 saturated carbocycles. The molecule has 14 heavy (non-hydrogen) atoms. The van der Waals surface area contributed by atoms with Crippen molar-refractivity contribution < 1.29 is 4.52 Å². The van der Waals surface area contributed by atoms with Crippen molar-refractivity contribution in [3.8, 4) is 11.3 Å². The van der Waals surface area contributed by atoms with Crippen molar-refractivity contribution >= 4 is 0 Å². The van der Waals surface area contributed by atoms with Gasteiger partial charge < -0.3 is 4.52 Å². The van der Waals surface area contributed by atoms with Crippen LogP contribution in [0.3, 0.4) is 0 Å². The topological polar surface area (TPSA) is 26.0 Å². The highest BCUT2D eigenvalue weighted by Crippen LogP contribution is 2.20. The molecular weight excluding hydrogens is 174 g/mol. The van der Waals surface area contributed by atoms with Crippen LogP contribution >= 0.6 is 0 Å². The lowest BCUT2D eigenvalue weighted by Crippen LogP contribution is -1.78. The second-order valence-corrected chi connectivity index (χ2v) is 2.71. The molecule has 1 aromatic carbocycles. The summed E-state index contributed by atoms with van der Waals surface area (Å²) >= 11 is 0. The summed E-state index contributed by atoms with van der Waals surface area (Å²) < 4.78 is 4.85. The average molecular weight is 189 g/mol. The Bertz CT molecular complexity index is 365. The van der Waals surface area contributed by atoms with Gasteiger partial charge in [-0.1, -0.05) is 49.3 Å². The van der Waals surface area contributed by atoms with Gasteiger partial charge in [0.1, 0.15) is 12.0 Å². The summed E-state index contributed by atoms with van der Waals surface area (Å²) in [5, 5.41) is 3.91. The maximum absolute atomic E-state index is 4.85. The predicted octanol–water partition coefficient (Wildman–Crippen LogP) is 3.68. The Hall–Kier alpha value is -1.57. The molecule has 2 nitrogen and oxygen atoms in total. The van der Waals surface area contributed by atoms with Crippen LogP contribution in [0.2, 0.25) is 0 Å². The van der Waals surface area contributed by atoms with Crippen LogP contribution in [0, 0.1) is 6.92 Å². The second kappa shape index (κ2) is 5.22. The van der Waals surface area contributed by atoms with E-state index < -0.39 is 0 Å². The summed E-state index contributed by atoms with van der Waals surface area (Å²) in [5.74, 6) is 0. The minimum atomic E-state index is 0.926. The molecule has 0 aliphatic heterocycles. The Morgan fingerprint density at radius 1 is 1.07 bits per heavy atom. The molecule has 0 aliphatic carbocycles. The van der Waals surface area contributed by atoms with Crippen LogP contribution in [0.25, 0.3) is 11.3 Å². The highest BCUT2D eigenvalue weighted by molar-refractivity contribution is 5.61. The van der Waals surface area contributed by atoms with E-state index in [2.05, 4.69) is 5.16 Å². The highest BCUT2D eigenvalue weighted by atomic mass is 16.5. The quantitative estimate of drug-likeness (QED) is 0.684. The van der Waals surface area contributed by atoms with Crippen molar-refractivity contribution in [2.24, 2.45) is 0 Å². The first-order valence-electron chi connectivity index (χ1n) is 4.84. The van der Waals surface area contributed by atoms with Gasteiger partial charge in [-0.3, -0.25) is 0 Å². The van der Waals surface area contributed by atoms with E-state index in [0.29, 0.717) is 0 Å². The standard InChI is InChI=1S/C10H9NO.C2H6/c1-8-7-12-11-10(8)9-5-3-2-4-6-9;1-2/h2-7H,1H3;1-2H3. The lowest BCUT2D eigenvalue weighted by molar-refractivity contribution is 0.421. The number of rotatable bonds is 1. The van der Waals surface area contributed by atoms with Gasteiger partial charge in [-0.25, -0.2) is 0 Å². The number of hydrogen-bond donors (Lipinski definition) is 0. The summed E-state index contributed by atoms with van der Waals surface area (Å²) in [6.45, 7) is 5.98. The van der Waals surface area contributed by atoms with Gasteiger partial charge in [0.25, 0.3) is 0 Å². The molecule has 0 aliphatic rings. The third-order valence-corrected chi connectivity index (χ3v) is 1.79. The molecule has 0 atom stereocenters. The molecule has 0 amide bonds. The first-order chi connectivity index (χ1) is 6.88. The van der Waals surface area contributed by atoms with Gasteiger partial charge in [0, 0.05) is 11.1 Å². The minimum Gasteiger partial charge on any atom is -0.364 e. The van der Waals surface area contributed by atoms with E-state index in [1.165, 1.54) is 0 Å². The zero-order chi connectivity index (χ0) is 10.4. The fraction of sp³-hybridized carbons (Fsp3) is 0.250. The number of hydrogen-bond acceptors (Lipinski definition) is 2. The van der Waals surface area contributed by atoms with E-state index in [9.17, 15) is 0 Å². The first-order valence-corrected chi connectivity index (χ1v) is 4.84. The van der Waals surface area contributed by atoms with Gasteiger partial charge in [0.15, 0.2) is 0 Å². The van der Waals surface area contributed by atoms with Crippen molar-refractivity contribution in [1.29, 1.82) is 0 Å². The van der Waals surface area contributed by atoms with E-state index in [0.717, 1.165) is 16.8 Å². The molecule has 0 unspecified atom stereocenters. The zero-order valence-corrected chi connectivity index (χ0v) is 8.82. The third kappa shape index (κ3) is 2.22. The summed E-state index contributed by atoms with van der Waals surface area (Å²) in [6, 6.07) is 10.0. The van der Waals surface area contributed by atoms with Crippen LogP contribution in [-0.2, 0) is 0 Å². The zero-order valence-electron chi connectivity index (χ0n) is 8.82. The predicted molar refractivity (Wildman–Crippen MR) is 58.0 cm³/mol. The molecule has 74 valence electrons. The fourth-order valence-corrected chi connectivity index (χ4v) is 1.16. The summed E-state index contributed by atoms with van der Waals surface area (Å²) in [5.41, 5.74) is 3.10. The van der Waals surface area contributed by atoms with Gasteiger partial charge in [-0.2, -0.15) is 0 Å². The lowest BCUT2D eigenvalue weighted by Gasteiger charge is -1.94. The van der Waals surface area contributed by atoms with Gasteiger partial charge in [-0.05, 0) is 6.92 Å². The second-order valence-electron chi connectivity index (χ2n) is 2.71. The van der Waals surface area contributed by atoms with Gasteiger partial charge in [0.05, 0.1) is 0 Å². The minimum absolute atomic E-state index is 0.926. The third-order valence-electron chi connectivity index (χ3n) is 1.79. The highest BCUT2D eigenvalue weighted by Gasteiger charge is 2.03. The average Bonchev–Trinajstić information content (AvgIpc) is 2.69. The molecule has 2 heteroatoms. The molecule has 1 aromatic heterocycles. The fourth-order valence-electron chi connectivity index (χ4n) is 1.16. The molecule has 0 bridgehead atoms. The summed E-state index contributed by atoms with van der Waals surface area (Å²) in [6.07, 6.45) is 1.66.